The Hall–Kier alpha value is -2.32. The van der Waals surface area contributed by atoms with Gasteiger partial charge in [0.1, 0.15) is 4.34 Å². The topological polar surface area (TPSA) is 58.3 Å². The molecule has 0 aliphatic carbocycles. The van der Waals surface area contributed by atoms with E-state index in [9.17, 15) is 0 Å². The predicted octanol–water partition coefficient (Wildman–Crippen LogP) is 3.52. The second-order valence-corrected chi connectivity index (χ2v) is 8.20. The molecule has 0 fully saturated rings. The smallest absolute Gasteiger partial charge is 0.193 e. The molecule has 3 aromatic rings. The first-order valence-corrected chi connectivity index (χ1v) is 10.7. The van der Waals surface area contributed by atoms with Gasteiger partial charge in [0.05, 0.1) is 11.9 Å². The van der Waals surface area contributed by atoms with Crippen molar-refractivity contribution in [3.05, 3.63) is 59.9 Å². The van der Waals surface area contributed by atoms with Gasteiger partial charge in [-0.05, 0) is 18.6 Å². The molecule has 0 aliphatic rings. The van der Waals surface area contributed by atoms with Crippen LogP contribution in [-0.4, -0.2) is 52.0 Å². The summed E-state index contributed by atoms with van der Waals surface area (Å²) in [6.07, 6.45) is 6.87. The highest BCUT2D eigenvalue weighted by molar-refractivity contribution is 8.00. The maximum atomic E-state index is 4.46. The van der Waals surface area contributed by atoms with Gasteiger partial charge in [-0.3, -0.25) is 4.99 Å². The number of rotatable bonds is 8. The number of hydrogen-bond donors (Lipinski definition) is 1. The Morgan fingerprint density at radius 3 is 2.93 bits per heavy atom. The molecule has 0 bridgehead atoms. The van der Waals surface area contributed by atoms with Crippen molar-refractivity contribution in [3.8, 4) is 5.69 Å². The first kappa shape index (κ1) is 19.4. The summed E-state index contributed by atoms with van der Waals surface area (Å²) in [4.78, 5) is 10.8. The molecule has 0 unspecified atom stereocenters. The zero-order valence-corrected chi connectivity index (χ0v) is 17.2. The summed E-state index contributed by atoms with van der Waals surface area (Å²) in [5.74, 6) is 1.94. The lowest BCUT2D eigenvalue weighted by Gasteiger charge is -2.21. The largest absolute Gasteiger partial charge is 0.356 e. The zero-order valence-electron chi connectivity index (χ0n) is 15.6. The number of thioether (sulfide) groups is 1. The van der Waals surface area contributed by atoms with Crippen LogP contribution in [0, 0.1) is 0 Å². The maximum Gasteiger partial charge on any atom is 0.193 e. The van der Waals surface area contributed by atoms with Crippen LogP contribution in [-0.2, 0) is 6.54 Å². The second-order valence-electron chi connectivity index (χ2n) is 5.96. The highest BCUT2D eigenvalue weighted by Gasteiger charge is 2.08. The Kier molecular flexibility index (Phi) is 7.29. The molecule has 8 heteroatoms. The molecule has 0 aliphatic heterocycles. The number of nitrogens with zero attached hydrogens (tertiary/aromatic N) is 5. The maximum absolute atomic E-state index is 4.46. The monoisotopic (exact) mass is 400 g/mol. The van der Waals surface area contributed by atoms with Crippen molar-refractivity contribution in [3.63, 3.8) is 0 Å². The van der Waals surface area contributed by atoms with Gasteiger partial charge in [0.25, 0.3) is 0 Å². The minimum absolute atomic E-state index is 0.750. The summed E-state index contributed by atoms with van der Waals surface area (Å²) >= 11 is 3.49. The van der Waals surface area contributed by atoms with E-state index >= 15 is 0 Å². The van der Waals surface area contributed by atoms with E-state index in [1.165, 1.54) is 0 Å². The lowest BCUT2D eigenvalue weighted by molar-refractivity contribution is 0.477. The van der Waals surface area contributed by atoms with Crippen molar-refractivity contribution < 1.29 is 0 Å². The van der Waals surface area contributed by atoms with Crippen molar-refractivity contribution in [2.24, 2.45) is 4.99 Å². The van der Waals surface area contributed by atoms with E-state index in [1.807, 2.05) is 66.9 Å². The molecule has 3 rings (SSSR count). The molecule has 142 valence electrons. The summed E-state index contributed by atoms with van der Waals surface area (Å²) in [6, 6.07) is 10.1. The first-order valence-electron chi connectivity index (χ1n) is 8.79. The summed E-state index contributed by atoms with van der Waals surface area (Å²) in [5.41, 5.74) is 2.20. The quantitative estimate of drug-likeness (QED) is 0.271. The van der Waals surface area contributed by atoms with Crippen LogP contribution in [0.2, 0.25) is 0 Å². The fourth-order valence-corrected chi connectivity index (χ4v) is 4.26. The lowest BCUT2D eigenvalue weighted by atomic mass is 10.3. The molecule has 0 radical (unpaired) electrons. The Morgan fingerprint density at radius 2 is 2.19 bits per heavy atom. The first-order chi connectivity index (χ1) is 13.3. The molecule has 1 N–H and O–H groups in total. The number of benzene rings is 1. The van der Waals surface area contributed by atoms with Gasteiger partial charge in [-0.1, -0.05) is 30.0 Å². The molecule has 2 heterocycles. The predicted molar refractivity (Wildman–Crippen MR) is 114 cm³/mol. The van der Waals surface area contributed by atoms with Gasteiger partial charge in [-0.2, -0.15) is 5.10 Å². The van der Waals surface area contributed by atoms with Crippen LogP contribution in [0.15, 0.2) is 63.6 Å². The number of para-hydroxylation sites is 1. The summed E-state index contributed by atoms with van der Waals surface area (Å²) in [7, 11) is 3.86. The number of thiazole rings is 1. The third-order valence-electron chi connectivity index (χ3n) is 3.89. The lowest BCUT2D eigenvalue weighted by Crippen LogP contribution is -2.38. The molecule has 0 spiro atoms. The number of aliphatic imine (C=N–C) groups is 1. The zero-order chi connectivity index (χ0) is 18.9. The summed E-state index contributed by atoms with van der Waals surface area (Å²) in [6.45, 7) is 1.64. The Balaban J connectivity index is 1.44. The van der Waals surface area contributed by atoms with E-state index in [1.54, 1.807) is 23.1 Å². The van der Waals surface area contributed by atoms with Crippen LogP contribution in [0.1, 0.15) is 12.0 Å². The van der Waals surface area contributed by atoms with Crippen molar-refractivity contribution in [1.29, 1.82) is 0 Å². The Bertz CT molecular complexity index is 829. The molecular formula is C19H24N6S2. The van der Waals surface area contributed by atoms with Crippen LogP contribution in [0.4, 0.5) is 0 Å². The third kappa shape index (κ3) is 5.83. The molecule has 0 amide bonds. The van der Waals surface area contributed by atoms with E-state index in [2.05, 4.69) is 31.5 Å². The molecule has 0 saturated carbocycles. The Morgan fingerprint density at radius 1 is 1.33 bits per heavy atom. The highest BCUT2D eigenvalue weighted by Crippen LogP contribution is 2.20. The van der Waals surface area contributed by atoms with E-state index in [0.29, 0.717) is 0 Å². The van der Waals surface area contributed by atoms with Gasteiger partial charge in [-0.25, -0.2) is 9.67 Å². The van der Waals surface area contributed by atoms with Gasteiger partial charge in [0.15, 0.2) is 5.96 Å². The SMILES string of the molecule is CN=C(NCCCSc1nccs1)N(C)Cc1cnn(-c2ccccc2)c1. The molecule has 1 aromatic carbocycles. The second kappa shape index (κ2) is 10.1. The molecular weight excluding hydrogens is 376 g/mol. The molecule has 2 aromatic heterocycles. The van der Waals surface area contributed by atoms with E-state index in [4.69, 9.17) is 0 Å². The number of guanidine groups is 1. The molecule has 6 nitrogen and oxygen atoms in total. The van der Waals surface area contributed by atoms with Crippen LogP contribution in [0.3, 0.4) is 0 Å². The third-order valence-corrected chi connectivity index (χ3v) is 5.94. The minimum atomic E-state index is 0.750. The molecule has 0 atom stereocenters. The van der Waals surface area contributed by atoms with Crippen molar-refractivity contribution in [2.75, 3.05) is 26.4 Å². The van der Waals surface area contributed by atoms with Gasteiger partial charge in [-0.15, -0.1) is 11.3 Å². The van der Waals surface area contributed by atoms with Crippen LogP contribution in [0.5, 0.6) is 0 Å². The number of aromatic nitrogens is 3. The normalized spacial score (nSPS) is 11.6. The van der Waals surface area contributed by atoms with Gasteiger partial charge < -0.3 is 10.2 Å². The number of nitrogens with one attached hydrogen (secondary N) is 1. The van der Waals surface area contributed by atoms with Crippen molar-refractivity contribution in [1.82, 2.24) is 25.0 Å². The van der Waals surface area contributed by atoms with Crippen molar-refractivity contribution >= 4 is 29.1 Å². The van der Waals surface area contributed by atoms with Crippen LogP contribution >= 0.6 is 23.1 Å². The van der Waals surface area contributed by atoms with E-state index in [0.717, 1.165) is 46.8 Å². The fourth-order valence-electron chi connectivity index (χ4n) is 2.61. The summed E-state index contributed by atoms with van der Waals surface area (Å²) in [5, 5.41) is 9.90. The van der Waals surface area contributed by atoms with Gasteiger partial charge in [0.2, 0.25) is 0 Å². The average Bonchev–Trinajstić information content (AvgIpc) is 3.37. The van der Waals surface area contributed by atoms with Crippen molar-refractivity contribution in [2.45, 2.75) is 17.3 Å². The highest BCUT2D eigenvalue weighted by atomic mass is 32.2. The van der Waals surface area contributed by atoms with Gasteiger partial charge in [0, 0.05) is 56.3 Å². The van der Waals surface area contributed by atoms with Crippen LogP contribution in [0.25, 0.3) is 5.69 Å². The minimum Gasteiger partial charge on any atom is -0.356 e. The standard InChI is InChI=1S/C19H24N6S2/c1-20-18(21-9-6-11-26-19-22-10-12-27-19)24(2)14-16-13-23-25(15-16)17-7-4-3-5-8-17/h3-5,7-8,10,12-13,15H,6,9,11,14H2,1-2H3,(H,20,21). The van der Waals surface area contributed by atoms with E-state index in [-0.39, 0.29) is 0 Å². The summed E-state index contributed by atoms with van der Waals surface area (Å²) < 4.78 is 3.03. The number of hydrogen-bond acceptors (Lipinski definition) is 5. The van der Waals surface area contributed by atoms with Gasteiger partial charge >= 0.3 is 0 Å². The van der Waals surface area contributed by atoms with Crippen LogP contribution < -0.4 is 5.32 Å². The fraction of sp³-hybridized carbons (Fsp3) is 0.316. The molecule has 0 saturated heterocycles. The Labute approximate surface area is 168 Å². The van der Waals surface area contributed by atoms with E-state index < -0.39 is 0 Å². The average molecular weight is 401 g/mol. The molecule has 27 heavy (non-hydrogen) atoms.